The topological polar surface area (TPSA) is 82.1 Å². The predicted octanol–water partition coefficient (Wildman–Crippen LogP) is 15.8. The van der Waals surface area contributed by atoms with Gasteiger partial charge in [-0.25, -0.2) is 0 Å². The Kier molecular flexibility index (Phi) is 42.4. The molecule has 0 unspecified atom stereocenters. The van der Waals surface area contributed by atoms with E-state index < -0.39 is 0 Å². The molecule has 0 aromatic heterocycles. The molecular formula is C54H105NO6. The molecule has 1 fully saturated rings. The molecule has 0 amide bonds. The van der Waals surface area contributed by atoms with Gasteiger partial charge in [0, 0.05) is 12.8 Å². The highest BCUT2D eigenvalue weighted by atomic mass is 16.5. The lowest BCUT2D eigenvalue weighted by Gasteiger charge is -2.28. The molecule has 1 heterocycles. The molecule has 0 radical (unpaired) electrons. The van der Waals surface area contributed by atoms with Crippen molar-refractivity contribution in [1.29, 1.82) is 0 Å². The fourth-order valence-electron chi connectivity index (χ4n) is 9.20. The minimum absolute atomic E-state index is 0. The lowest BCUT2D eigenvalue weighted by molar-refractivity contribution is -0.151. The standard InChI is InChI=1S/C53H101NO6.CH4/c1-6-10-20-30-47(31-21-11-7-2)36-28-44-58-51(55)38-26-18-14-16-24-34-49(46-60-53(57)50-40-42-54(5)43-41-50)35-25-17-15-19-27-39-52(56)59-45-29-37-48(32-22-12-8-3)33-23-13-9-4;/h47-50H,6-46H2,1-5H3;1H4. The molecular weight excluding hydrogens is 759 g/mol. The molecule has 0 aromatic rings. The lowest BCUT2D eigenvalue weighted by atomic mass is 9.91. The number of ether oxygens (including phenoxy) is 3. The first-order chi connectivity index (χ1) is 29.3. The first-order valence-corrected chi connectivity index (χ1v) is 26.5. The second-order valence-electron chi connectivity index (χ2n) is 19.1. The first kappa shape index (κ1) is 59.4. The van der Waals surface area contributed by atoms with Crippen LogP contribution in [-0.2, 0) is 28.6 Å². The Labute approximate surface area is 380 Å². The van der Waals surface area contributed by atoms with Gasteiger partial charge < -0.3 is 19.1 Å². The number of unbranched alkanes of at least 4 members (excludes halogenated alkanes) is 16. The molecule has 0 spiro atoms. The van der Waals surface area contributed by atoms with E-state index in [1.807, 2.05) is 0 Å². The van der Waals surface area contributed by atoms with E-state index in [0.717, 1.165) is 128 Å². The minimum Gasteiger partial charge on any atom is -0.466 e. The van der Waals surface area contributed by atoms with Crippen molar-refractivity contribution in [2.24, 2.45) is 23.7 Å². The quantitative estimate of drug-likeness (QED) is 0.0343. The van der Waals surface area contributed by atoms with Crippen molar-refractivity contribution in [3.8, 4) is 0 Å². The number of likely N-dealkylation sites (tertiary alicyclic amines) is 1. The summed E-state index contributed by atoms with van der Waals surface area (Å²) in [7, 11) is 2.12. The monoisotopic (exact) mass is 864 g/mol. The molecule has 0 saturated carbocycles. The Balaban J connectivity index is 0.0000360. The Hall–Kier alpha value is -1.63. The second-order valence-corrected chi connectivity index (χ2v) is 19.1. The van der Waals surface area contributed by atoms with Crippen LogP contribution in [0, 0.1) is 23.7 Å². The smallest absolute Gasteiger partial charge is 0.309 e. The van der Waals surface area contributed by atoms with Crippen LogP contribution in [0.25, 0.3) is 0 Å². The van der Waals surface area contributed by atoms with Crippen molar-refractivity contribution in [3.05, 3.63) is 0 Å². The van der Waals surface area contributed by atoms with Crippen LogP contribution in [0.15, 0.2) is 0 Å². The number of piperidine rings is 1. The van der Waals surface area contributed by atoms with Gasteiger partial charge in [-0.1, -0.05) is 189 Å². The third-order valence-electron chi connectivity index (χ3n) is 13.4. The van der Waals surface area contributed by atoms with Gasteiger partial charge in [0.1, 0.15) is 0 Å². The van der Waals surface area contributed by atoms with E-state index in [9.17, 15) is 14.4 Å². The van der Waals surface area contributed by atoms with Crippen LogP contribution in [0.5, 0.6) is 0 Å². The van der Waals surface area contributed by atoms with E-state index in [4.69, 9.17) is 14.2 Å². The molecule has 7 heteroatoms. The molecule has 7 nitrogen and oxygen atoms in total. The molecule has 1 rings (SSSR count). The summed E-state index contributed by atoms with van der Waals surface area (Å²) in [6.45, 7) is 12.7. The minimum atomic E-state index is -0.0279. The summed E-state index contributed by atoms with van der Waals surface area (Å²) in [6, 6.07) is 0. The van der Waals surface area contributed by atoms with E-state index in [0.29, 0.717) is 38.6 Å². The number of hydrogen-bond donors (Lipinski definition) is 0. The van der Waals surface area contributed by atoms with E-state index in [2.05, 4.69) is 39.6 Å². The second kappa shape index (κ2) is 43.6. The fraction of sp³-hybridized carbons (Fsp3) is 0.944. The van der Waals surface area contributed by atoms with Crippen molar-refractivity contribution in [2.75, 3.05) is 40.0 Å². The molecule has 1 aliphatic rings. The Morgan fingerprint density at radius 2 is 0.770 bits per heavy atom. The van der Waals surface area contributed by atoms with Crippen molar-refractivity contribution < 1.29 is 28.6 Å². The SMILES string of the molecule is C.CCCCCC(CCCCC)CCCOC(=O)CCCCCCCC(CCCCCCCC(=O)OCCCC(CCCCC)CCCCC)COC(=O)C1CCN(C)CC1. The van der Waals surface area contributed by atoms with Gasteiger partial charge in [0.2, 0.25) is 0 Å². The average molecular weight is 864 g/mol. The summed E-state index contributed by atoms with van der Waals surface area (Å²) in [5.41, 5.74) is 0. The maximum absolute atomic E-state index is 12.9. The highest BCUT2D eigenvalue weighted by Crippen LogP contribution is 2.25. The molecule has 0 aliphatic carbocycles. The summed E-state index contributed by atoms with van der Waals surface area (Å²) in [6.07, 6.45) is 41.3. The van der Waals surface area contributed by atoms with Gasteiger partial charge >= 0.3 is 17.9 Å². The first-order valence-electron chi connectivity index (χ1n) is 26.5. The molecule has 0 aromatic carbocycles. The van der Waals surface area contributed by atoms with Crippen LogP contribution in [0.4, 0.5) is 0 Å². The van der Waals surface area contributed by atoms with Gasteiger partial charge in [0.25, 0.3) is 0 Å². The van der Waals surface area contributed by atoms with Crippen LogP contribution >= 0.6 is 0 Å². The summed E-state index contributed by atoms with van der Waals surface area (Å²) in [4.78, 5) is 40.0. The number of rotatable bonds is 43. The van der Waals surface area contributed by atoms with Gasteiger partial charge in [-0.3, -0.25) is 14.4 Å². The zero-order valence-electron chi connectivity index (χ0n) is 40.7. The molecule has 1 saturated heterocycles. The number of carbonyl (C=O) groups excluding carboxylic acids is 3. The highest BCUT2D eigenvalue weighted by molar-refractivity contribution is 5.72. The maximum atomic E-state index is 12.9. The van der Waals surface area contributed by atoms with E-state index in [1.54, 1.807) is 0 Å². The largest absolute Gasteiger partial charge is 0.466 e. The third-order valence-corrected chi connectivity index (χ3v) is 13.4. The van der Waals surface area contributed by atoms with E-state index in [-0.39, 0.29) is 31.3 Å². The molecule has 1 aliphatic heterocycles. The van der Waals surface area contributed by atoms with Gasteiger partial charge in [-0.2, -0.15) is 0 Å². The average Bonchev–Trinajstić information content (AvgIpc) is 3.24. The van der Waals surface area contributed by atoms with E-state index in [1.165, 1.54) is 116 Å². The third kappa shape index (κ3) is 36.4. The van der Waals surface area contributed by atoms with E-state index >= 15 is 0 Å². The van der Waals surface area contributed by atoms with Crippen molar-refractivity contribution in [3.63, 3.8) is 0 Å². The number of hydrogen-bond acceptors (Lipinski definition) is 7. The Morgan fingerprint density at radius 1 is 0.443 bits per heavy atom. The summed E-state index contributed by atoms with van der Waals surface area (Å²) in [5, 5.41) is 0. The number of carbonyl (C=O) groups is 3. The summed E-state index contributed by atoms with van der Waals surface area (Å²) < 4.78 is 17.2. The van der Waals surface area contributed by atoms with Gasteiger partial charge in [0.05, 0.1) is 25.7 Å². The van der Waals surface area contributed by atoms with Crippen LogP contribution in [-0.4, -0.2) is 62.8 Å². The van der Waals surface area contributed by atoms with Crippen molar-refractivity contribution in [1.82, 2.24) is 4.90 Å². The molecule has 0 N–H and O–H groups in total. The molecule has 362 valence electrons. The van der Waals surface area contributed by atoms with Gasteiger partial charge in [-0.05, 0) is 102 Å². The fourth-order valence-corrected chi connectivity index (χ4v) is 9.20. The Morgan fingerprint density at radius 3 is 1.16 bits per heavy atom. The Bertz CT molecular complexity index is 903. The maximum Gasteiger partial charge on any atom is 0.309 e. The molecule has 61 heavy (non-hydrogen) atoms. The normalized spacial score (nSPS) is 13.6. The zero-order chi connectivity index (χ0) is 43.7. The van der Waals surface area contributed by atoms with Gasteiger partial charge in [0.15, 0.2) is 0 Å². The van der Waals surface area contributed by atoms with Gasteiger partial charge in [-0.15, -0.1) is 0 Å². The van der Waals surface area contributed by atoms with Crippen LogP contribution < -0.4 is 0 Å². The van der Waals surface area contributed by atoms with Crippen molar-refractivity contribution in [2.45, 2.75) is 266 Å². The van der Waals surface area contributed by atoms with Crippen LogP contribution in [0.1, 0.15) is 266 Å². The van der Waals surface area contributed by atoms with Crippen LogP contribution in [0.2, 0.25) is 0 Å². The van der Waals surface area contributed by atoms with Crippen molar-refractivity contribution >= 4 is 17.9 Å². The highest BCUT2D eigenvalue weighted by Gasteiger charge is 2.25. The zero-order valence-corrected chi connectivity index (χ0v) is 40.7. The summed E-state index contributed by atoms with van der Waals surface area (Å²) >= 11 is 0. The summed E-state index contributed by atoms with van der Waals surface area (Å²) in [5.74, 6) is 1.98. The number of nitrogens with zero attached hydrogens (tertiary/aromatic N) is 1. The number of esters is 3. The lowest BCUT2D eigenvalue weighted by Crippen LogP contribution is -2.34. The van der Waals surface area contributed by atoms with Crippen LogP contribution in [0.3, 0.4) is 0 Å². The molecule has 0 atom stereocenters. The molecule has 0 bridgehead atoms. The predicted molar refractivity (Wildman–Crippen MR) is 260 cm³/mol.